The molecule has 3 heterocycles. The van der Waals surface area contributed by atoms with Crippen LogP contribution in [0.15, 0.2) is 64.9 Å². The number of aryl methyl sites for hydroxylation is 1. The molecule has 0 unspecified atom stereocenters. The van der Waals surface area contributed by atoms with E-state index < -0.39 is 0 Å². The van der Waals surface area contributed by atoms with E-state index in [4.69, 9.17) is 5.10 Å². The Labute approximate surface area is 165 Å². The number of nitrogens with zero attached hydrogens (tertiary/aromatic N) is 5. The number of phenols is 1. The van der Waals surface area contributed by atoms with Gasteiger partial charge in [-0.05, 0) is 30.7 Å². The summed E-state index contributed by atoms with van der Waals surface area (Å²) >= 11 is 1.60. The number of nitrogens with one attached hydrogen (secondary N) is 1. The van der Waals surface area contributed by atoms with Crippen molar-refractivity contribution in [2.45, 2.75) is 12.1 Å². The molecule has 2 aromatic carbocycles. The molecule has 28 heavy (non-hydrogen) atoms. The first-order valence-corrected chi connectivity index (χ1v) is 9.75. The van der Waals surface area contributed by atoms with Crippen molar-refractivity contribution in [2.24, 2.45) is 5.10 Å². The van der Waals surface area contributed by atoms with Crippen molar-refractivity contribution in [3.8, 4) is 28.5 Å². The number of fused-ring (bicyclic) bond motifs is 1. The van der Waals surface area contributed by atoms with Gasteiger partial charge in [0.2, 0.25) is 11.0 Å². The third-order valence-electron chi connectivity index (χ3n) is 4.52. The van der Waals surface area contributed by atoms with E-state index in [0.29, 0.717) is 22.8 Å². The largest absolute Gasteiger partial charge is 0.507 e. The minimum absolute atomic E-state index is 0.187. The van der Waals surface area contributed by atoms with E-state index in [2.05, 4.69) is 20.4 Å². The van der Waals surface area contributed by atoms with Crippen LogP contribution in [-0.4, -0.2) is 41.6 Å². The van der Waals surface area contributed by atoms with Crippen molar-refractivity contribution in [1.82, 2.24) is 25.1 Å². The summed E-state index contributed by atoms with van der Waals surface area (Å²) in [6, 6.07) is 17.4. The van der Waals surface area contributed by atoms with E-state index in [9.17, 15) is 5.11 Å². The van der Waals surface area contributed by atoms with Crippen LogP contribution in [0.5, 0.6) is 5.75 Å². The van der Waals surface area contributed by atoms with Gasteiger partial charge in [0.1, 0.15) is 11.4 Å². The molecule has 0 bridgehead atoms. The molecule has 0 aliphatic carbocycles. The molecular formula is C20H16N6OS. The molecular weight excluding hydrogens is 372 g/mol. The second-order valence-corrected chi connectivity index (χ2v) is 7.45. The van der Waals surface area contributed by atoms with Gasteiger partial charge in [-0.2, -0.15) is 14.9 Å². The summed E-state index contributed by atoms with van der Waals surface area (Å²) in [7, 11) is 0. The lowest BCUT2D eigenvalue weighted by Gasteiger charge is -2.13. The van der Waals surface area contributed by atoms with Gasteiger partial charge in [-0.15, -0.1) is 10.2 Å². The van der Waals surface area contributed by atoms with E-state index in [1.807, 2.05) is 55.5 Å². The molecule has 1 aliphatic heterocycles. The number of hydrogen-bond acceptors (Lipinski definition) is 6. The predicted molar refractivity (Wildman–Crippen MR) is 109 cm³/mol. The topological polar surface area (TPSA) is 92.0 Å². The Morgan fingerprint density at radius 3 is 2.79 bits per heavy atom. The van der Waals surface area contributed by atoms with Crippen LogP contribution in [-0.2, 0) is 0 Å². The van der Waals surface area contributed by atoms with Gasteiger partial charge in [0.15, 0.2) is 0 Å². The van der Waals surface area contributed by atoms with Gasteiger partial charge >= 0.3 is 0 Å². The summed E-state index contributed by atoms with van der Waals surface area (Å²) in [5.74, 6) is 1.52. The van der Waals surface area contributed by atoms with Crippen molar-refractivity contribution in [3.63, 3.8) is 0 Å². The first-order valence-electron chi connectivity index (χ1n) is 8.76. The lowest BCUT2D eigenvalue weighted by Crippen LogP contribution is -2.13. The number of benzene rings is 2. The molecule has 7 nitrogen and oxygen atoms in total. The van der Waals surface area contributed by atoms with Crippen LogP contribution in [0.2, 0.25) is 0 Å². The SMILES string of the molecule is Cc1ccc(O)c(-c2cc(-c3nnc4n3N=C(c3ccccc3)CS4)[nH]n2)c1. The van der Waals surface area contributed by atoms with Crippen molar-refractivity contribution >= 4 is 17.5 Å². The molecule has 138 valence electrons. The molecule has 0 spiro atoms. The molecule has 1 aliphatic rings. The second kappa shape index (κ2) is 6.65. The van der Waals surface area contributed by atoms with E-state index in [-0.39, 0.29) is 5.75 Å². The number of aromatic nitrogens is 5. The van der Waals surface area contributed by atoms with E-state index in [1.165, 1.54) is 0 Å². The Balaban J connectivity index is 1.55. The third kappa shape index (κ3) is 2.87. The number of rotatable bonds is 3. The Kier molecular flexibility index (Phi) is 3.98. The van der Waals surface area contributed by atoms with Crippen LogP contribution < -0.4 is 0 Å². The number of hydrogen-bond donors (Lipinski definition) is 2. The summed E-state index contributed by atoms with van der Waals surface area (Å²) in [5, 5.41) is 31.5. The maximum absolute atomic E-state index is 10.2. The van der Waals surface area contributed by atoms with Crippen LogP contribution in [0, 0.1) is 6.92 Å². The molecule has 0 fully saturated rings. The van der Waals surface area contributed by atoms with Gasteiger partial charge in [-0.25, -0.2) is 0 Å². The van der Waals surface area contributed by atoms with Crippen molar-refractivity contribution in [3.05, 3.63) is 65.7 Å². The minimum Gasteiger partial charge on any atom is -0.507 e. The fourth-order valence-electron chi connectivity index (χ4n) is 3.10. The predicted octanol–water partition coefficient (Wildman–Crippen LogP) is 3.71. The number of aromatic amines is 1. The first-order chi connectivity index (χ1) is 13.7. The van der Waals surface area contributed by atoms with Gasteiger partial charge < -0.3 is 5.11 Å². The average molecular weight is 388 g/mol. The van der Waals surface area contributed by atoms with Crippen molar-refractivity contribution in [1.29, 1.82) is 0 Å². The third-order valence-corrected chi connectivity index (χ3v) is 5.46. The fourth-order valence-corrected chi connectivity index (χ4v) is 3.94. The smallest absolute Gasteiger partial charge is 0.212 e. The van der Waals surface area contributed by atoms with Gasteiger partial charge in [-0.3, -0.25) is 5.10 Å². The summed E-state index contributed by atoms with van der Waals surface area (Å²) < 4.78 is 1.74. The minimum atomic E-state index is 0.187. The molecule has 2 N–H and O–H groups in total. The Morgan fingerprint density at radius 2 is 1.93 bits per heavy atom. The summed E-state index contributed by atoms with van der Waals surface area (Å²) in [5.41, 5.74) is 5.09. The van der Waals surface area contributed by atoms with Crippen LogP contribution >= 0.6 is 11.8 Å². The van der Waals surface area contributed by atoms with Gasteiger partial charge in [0.05, 0.1) is 11.4 Å². The molecule has 2 aromatic heterocycles. The van der Waals surface area contributed by atoms with Gasteiger partial charge in [-0.1, -0.05) is 53.7 Å². The first kappa shape index (κ1) is 16.8. The normalized spacial score (nSPS) is 13.2. The lowest BCUT2D eigenvalue weighted by atomic mass is 10.1. The lowest BCUT2D eigenvalue weighted by molar-refractivity contribution is 0.477. The standard InChI is InChI=1S/C20H16N6OS/c1-12-7-8-18(27)14(9-12)15-10-16(22-21-15)19-23-24-20-26(19)25-17(11-28-20)13-5-3-2-4-6-13/h2-10,27H,11H2,1H3,(H,21,22). The molecule has 5 rings (SSSR count). The van der Waals surface area contributed by atoms with Crippen LogP contribution in [0.3, 0.4) is 0 Å². The molecule has 0 amide bonds. The summed E-state index contributed by atoms with van der Waals surface area (Å²) in [6.07, 6.45) is 0. The highest BCUT2D eigenvalue weighted by Gasteiger charge is 2.22. The number of aromatic hydroxyl groups is 1. The zero-order valence-electron chi connectivity index (χ0n) is 15.0. The van der Waals surface area contributed by atoms with Crippen molar-refractivity contribution in [2.75, 3.05) is 5.75 Å². The number of thioether (sulfide) groups is 1. The van der Waals surface area contributed by atoms with Gasteiger partial charge in [0.25, 0.3) is 0 Å². The molecule has 8 heteroatoms. The van der Waals surface area contributed by atoms with Crippen molar-refractivity contribution < 1.29 is 5.11 Å². The van der Waals surface area contributed by atoms with Gasteiger partial charge in [0, 0.05) is 11.3 Å². The molecule has 0 radical (unpaired) electrons. The number of H-pyrrole nitrogens is 1. The zero-order valence-corrected chi connectivity index (χ0v) is 15.8. The Morgan fingerprint density at radius 1 is 1.07 bits per heavy atom. The second-order valence-electron chi connectivity index (χ2n) is 6.51. The highest BCUT2D eigenvalue weighted by molar-refractivity contribution is 7.99. The monoisotopic (exact) mass is 388 g/mol. The quantitative estimate of drug-likeness (QED) is 0.558. The van der Waals surface area contributed by atoms with E-state index >= 15 is 0 Å². The van der Waals surface area contributed by atoms with Crippen LogP contribution in [0.25, 0.3) is 22.8 Å². The summed E-state index contributed by atoms with van der Waals surface area (Å²) in [4.78, 5) is 0. The van der Waals surface area contributed by atoms with Crippen LogP contribution in [0.4, 0.5) is 0 Å². The average Bonchev–Trinajstić information content (AvgIpc) is 3.37. The van der Waals surface area contributed by atoms with E-state index in [1.54, 1.807) is 22.5 Å². The highest BCUT2D eigenvalue weighted by atomic mass is 32.2. The summed E-state index contributed by atoms with van der Waals surface area (Å²) in [6.45, 7) is 1.97. The molecule has 0 saturated heterocycles. The maximum Gasteiger partial charge on any atom is 0.212 e. The Hall–Kier alpha value is -3.39. The highest BCUT2D eigenvalue weighted by Crippen LogP contribution is 2.32. The molecule has 0 atom stereocenters. The fraction of sp³-hybridized carbons (Fsp3) is 0.100. The molecule has 0 saturated carbocycles. The van der Waals surface area contributed by atoms with E-state index in [0.717, 1.165) is 27.7 Å². The number of phenolic OH excluding ortho intramolecular Hbond substituents is 1. The maximum atomic E-state index is 10.2. The zero-order chi connectivity index (χ0) is 19.1. The Bertz CT molecular complexity index is 1190. The molecule has 4 aromatic rings. The van der Waals surface area contributed by atoms with Crippen LogP contribution in [0.1, 0.15) is 11.1 Å².